The predicted octanol–water partition coefficient (Wildman–Crippen LogP) is 2.07. The van der Waals surface area contributed by atoms with Gasteiger partial charge in [0.1, 0.15) is 10.7 Å². The number of aromatic nitrogens is 3. The minimum absolute atomic E-state index is 0.0719. The van der Waals surface area contributed by atoms with Gasteiger partial charge in [-0.15, -0.1) is 5.10 Å². The van der Waals surface area contributed by atoms with Gasteiger partial charge in [-0.25, -0.2) is 9.78 Å². The van der Waals surface area contributed by atoms with Gasteiger partial charge in [-0.1, -0.05) is 18.2 Å². The molecule has 0 saturated carbocycles. The van der Waals surface area contributed by atoms with E-state index in [0.717, 1.165) is 17.4 Å². The number of anilines is 1. The first-order chi connectivity index (χ1) is 11.0. The number of amides is 1. The zero-order valence-electron chi connectivity index (χ0n) is 12.5. The molecule has 1 aromatic carbocycles. The second-order valence-electron chi connectivity index (χ2n) is 4.88. The summed E-state index contributed by atoms with van der Waals surface area (Å²) in [4.78, 5) is 30.0. The van der Waals surface area contributed by atoms with E-state index in [2.05, 4.69) is 15.2 Å². The Bertz CT molecular complexity index is 828. The van der Waals surface area contributed by atoms with Gasteiger partial charge in [0.25, 0.3) is 5.91 Å². The van der Waals surface area contributed by atoms with E-state index in [1.54, 1.807) is 24.0 Å². The zero-order valence-corrected chi connectivity index (χ0v) is 13.3. The third-order valence-corrected chi connectivity index (χ3v) is 4.38. The molecule has 0 bridgehead atoms. The molecule has 1 aromatic heterocycles. The van der Waals surface area contributed by atoms with Crippen molar-refractivity contribution < 1.29 is 14.7 Å². The van der Waals surface area contributed by atoms with E-state index in [4.69, 9.17) is 0 Å². The van der Waals surface area contributed by atoms with Gasteiger partial charge in [0.2, 0.25) is 5.16 Å². The number of aryl methyl sites for hydroxylation is 1. The first-order valence-electron chi connectivity index (χ1n) is 6.98. The number of carboxylic acids is 1. The highest BCUT2D eigenvalue weighted by molar-refractivity contribution is 8.04. The van der Waals surface area contributed by atoms with Crippen molar-refractivity contribution in [1.29, 1.82) is 0 Å². The number of aliphatic carboxylic acids is 1. The van der Waals surface area contributed by atoms with Crippen LogP contribution in [0, 0.1) is 6.92 Å². The molecule has 23 heavy (non-hydrogen) atoms. The number of nitrogens with one attached hydrogen (secondary N) is 1. The van der Waals surface area contributed by atoms with Crippen LogP contribution in [0.4, 0.5) is 5.69 Å². The minimum Gasteiger partial charge on any atom is -0.477 e. The van der Waals surface area contributed by atoms with E-state index < -0.39 is 5.97 Å². The number of carbonyl (C=O) groups excluding carboxylic acids is 1. The molecule has 2 aromatic rings. The summed E-state index contributed by atoms with van der Waals surface area (Å²) in [7, 11) is 0. The number of thioether (sulfide) groups is 1. The van der Waals surface area contributed by atoms with Crippen molar-refractivity contribution in [3.05, 3.63) is 40.6 Å². The summed E-state index contributed by atoms with van der Waals surface area (Å²) in [6.45, 7) is 4.04. The van der Waals surface area contributed by atoms with Gasteiger partial charge in [0, 0.05) is 12.1 Å². The SMILES string of the molecule is CCN1C(=O)/C(=C(\Sc2n[nH]c(C)n2)C(=O)O)c2ccccc21. The number of hydrogen-bond donors (Lipinski definition) is 2. The number of rotatable bonds is 4. The van der Waals surface area contributed by atoms with Crippen LogP contribution < -0.4 is 4.90 Å². The largest absolute Gasteiger partial charge is 0.477 e. The number of hydrogen-bond acceptors (Lipinski definition) is 5. The van der Waals surface area contributed by atoms with Crippen molar-refractivity contribution in [2.75, 3.05) is 11.4 Å². The van der Waals surface area contributed by atoms with Gasteiger partial charge in [-0.3, -0.25) is 9.89 Å². The maximum Gasteiger partial charge on any atom is 0.343 e. The number of carbonyl (C=O) groups is 2. The molecule has 7 nitrogen and oxygen atoms in total. The summed E-state index contributed by atoms with van der Waals surface area (Å²) in [5.74, 6) is -0.907. The second-order valence-corrected chi connectivity index (χ2v) is 5.86. The Balaban J connectivity index is 2.15. The molecule has 0 aliphatic carbocycles. The first-order valence-corrected chi connectivity index (χ1v) is 7.80. The summed E-state index contributed by atoms with van der Waals surface area (Å²) in [6, 6.07) is 7.17. The zero-order chi connectivity index (χ0) is 16.6. The quantitative estimate of drug-likeness (QED) is 0.657. The Kier molecular flexibility index (Phi) is 3.91. The molecule has 2 N–H and O–H groups in total. The fraction of sp³-hybridized carbons (Fsp3) is 0.200. The van der Waals surface area contributed by atoms with Crippen LogP contribution in [0.2, 0.25) is 0 Å². The van der Waals surface area contributed by atoms with E-state index in [1.807, 2.05) is 19.1 Å². The predicted molar refractivity (Wildman–Crippen MR) is 86.0 cm³/mol. The average molecular weight is 330 g/mol. The van der Waals surface area contributed by atoms with Crippen molar-refractivity contribution >= 4 is 34.9 Å². The maximum absolute atomic E-state index is 12.7. The number of carboxylic acid groups (broad SMARTS) is 1. The van der Waals surface area contributed by atoms with Crippen molar-refractivity contribution in [2.45, 2.75) is 19.0 Å². The van der Waals surface area contributed by atoms with Gasteiger partial charge in [-0.2, -0.15) is 0 Å². The third-order valence-electron chi connectivity index (χ3n) is 3.43. The lowest BCUT2D eigenvalue weighted by molar-refractivity contribution is -0.132. The topological polar surface area (TPSA) is 99.2 Å². The number of nitrogens with zero attached hydrogens (tertiary/aromatic N) is 3. The highest BCUT2D eigenvalue weighted by Gasteiger charge is 2.36. The van der Waals surface area contributed by atoms with Crippen LogP contribution in [-0.4, -0.2) is 38.7 Å². The summed E-state index contributed by atoms with van der Waals surface area (Å²) in [6.07, 6.45) is 0. The highest BCUT2D eigenvalue weighted by atomic mass is 32.2. The fourth-order valence-corrected chi connectivity index (χ4v) is 3.32. The lowest BCUT2D eigenvalue weighted by Crippen LogP contribution is -2.26. The van der Waals surface area contributed by atoms with Crippen LogP contribution in [0.25, 0.3) is 5.57 Å². The molecular formula is C15H14N4O3S. The normalized spacial score (nSPS) is 15.7. The second kappa shape index (κ2) is 5.88. The van der Waals surface area contributed by atoms with E-state index >= 15 is 0 Å². The maximum atomic E-state index is 12.7. The van der Waals surface area contributed by atoms with Crippen molar-refractivity contribution in [3.63, 3.8) is 0 Å². The molecule has 0 unspecified atom stereocenters. The van der Waals surface area contributed by atoms with Gasteiger partial charge in [-0.05, 0) is 31.7 Å². The van der Waals surface area contributed by atoms with Crippen molar-refractivity contribution in [3.8, 4) is 0 Å². The van der Waals surface area contributed by atoms with Crippen molar-refractivity contribution in [2.24, 2.45) is 0 Å². The average Bonchev–Trinajstić information content (AvgIpc) is 3.05. The van der Waals surface area contributed by atoms with Crippen LogP contribution >= 0.6 is 11.8 Å². The van der Waals surface area contributed by atoms with Crippen LogP contribution in [0.5, 0.6) is 0 Å². The van der Waals surface area contributed by atoms with E-state index in [1.165, 1.54) is 0 Å². The number of H-pyrrole nitrogens is 1. The molecule has 8 heteroatoms. The van der Waals surface area contributed by atoms with Crippen LogP contribution in [0.3, 0.4) is 0 Å². The Morgan fingerprint density at radius 2 is 2.13 bits per heavy atom. The smallest absolute Gasteiger partial charge is 0.343 e. The Morgan fingerprint density at radius 1 is 1.39 bits per heavy atom. The standard InChI is InChI=1S/C15H14N4O3S/c1-3-19-10-7-5-4-6-9(10)11(13(19)20)12(14(21)22)23-15-16-8(2)17-18-15/h4-7H,3H2,1-2H3,(H,21,22)(H,16,17,18)/b12-11-. The molecule has 3 rings (SSSR count). The molecule has 1 aliphatic heterocycles. The Hall–Kier alpha value is -2.61. The summed E-state index contributed by atoms with van der Waals surface area (Å²) in [5.41, 5.74) is 1.53. The fourth-order valence-electron chi connectivity index (χ4n) is 2.47. The lowest BCUT2D eigenvalue weighted by Gasteiger charge is -2.13. The van der Waals surface area contributed by atoms with Gasteiger partial charge in [0.05, 0.1) is 11.3 Å². The first kappa shape index (κ1) is 15.3. The van der Waals surface area contributed by atoms with E-state index in [-0.39, 0.29) is 21.5 Å². The molecule has 0 fully saturated rings. The number of aromatic amines is 1. The molecular weight excluding hydrogens is 316 g/mol. The molecule has 0 atom stereocenters. The van der Waals surface area contributed by atoms with Crippen LogP contribution in [0.1, 0.15) is 18.3 Å². The summed E-state index contributed by atoms with van der Waals surface area (Å²) < 4.78 is 0. The molecule has 0 spiro atoms. The Morgan fingerprint density at radius 3 is 2.74 bits per heavy atom. The highest BCUT2D eigenvalue weighted by Crippen LogP contribution is 2.41. The minimum atomic E-state index is -1.17. The molecule has 0 radical (unpaired) electrons. The van der Waals surface area contributed by atoms with Crippen LogP contribution in [0.15, 0.2) is 34.3 Å². The Labute approximate surface area is 136 Å². The molecule has 1 amide bonds. The summed E-state index contributed by atoms with van der Waals surface area (Å²) >= 11 is 0.874. The van der Waals surface area contributed by atoms with Crippen LogP contribution in [-0.2, 0) is 9.59 Å². The van der Waals surface area contributed by atoms with Gasteiger partial charge in [0.15, 0.2) is 0 Å². The van der Waals surface area contributed by atoms with Crippen molar-refractivity contribution in [1.82, 2.24) is 15.2 Å². The third kappa shape index (κ3) is 2.61. The summed E-state index contributed by atoms with van der Waals surface area (Å²) in [5, 5.41) is 16.5. The molecule has 1 aliphatic rings. The van der Waals surface area contributed by atoms with E-state index in [0.29, 0.717) is 17.9 Å². The van der Waals surface area contributed by atoms with Gasteiger partial charge >= 0.3 is 5.97 Å². The lowest BCUT2D eigenvalue weighted by atomic mass is 10.1. The molecule has 0 saturated heterocycles. The van der Waals surface area contributed by atoms with Gasteiger partial charge < -0.3 is 10.0 Å². The number of benzene rings is 1. The number of para-hydroxylation sites is 1. The number of fused-ring (bicyclic) bond motifs is 1. The monoisotopic (exact) mass is 330 g/mol. The number of likely N-dealkylation sites (N-methyl/N-ethyl adjacent to an activating group) is 1. The van der Waals surface area contributed by atoms with E-state index in [9.17, 15) is 14.7 Å². The molecule has 2 heterocycles. The molecule has 118 valence electrons.